The lowest BCUT2D eigenvalue weighted by Gasteiger charge is -2.28. The monoisotopic (exact) mass is 333 g/mol. The Balaban J connectivity index is 1.58. The van der Waals surface area contributed by atoms with Crippen molar-refractivity contribution in [2.45, 2.75) is 37.8 Å². The molecule has 2 saturated heterocycles. The van der Waals surface area contributed by atoms with E-state index in [1.54, 1.807) is 4.90 Å². The van der Waals surface area contributed by atoms with Gasteiger partial charge in [0.25, 0.3) is 0 Å². The fourth-order valence-electron chi connectivity index (χ4n) is 3.14. The smallest absolute Gasteiger partial charge is 0.322 e. The van der Waals surface area contributed by atoms with E-state index in [2.05, 4.69) is 10.6 Å². The molecule has 1 aromatic rings. The first-order chi connectivity index (χ1) is 11.2. The number of benzene rings is 1. The van der Waals surface area contributed by atoms with Crippen molar-refractivity contribution in [2.75, 3.05) is 23.4 Å². The van der Waals surface area contributed by atoms with Crippen molar-refractivity contribution in [1.82, 2.24) is 10.2 Å². The average Bonchev–Trinajstić information content (AvgIpc) is 3.06. The lowest BCUT2D eigenvalue weighted by atomic mass is 10.1. The zero-order valence-electron chi connectivity index (χ0n) is 13.2. The third kappa shape index (κ3) is 4.19. The van der Waals surface area contributed by atoms with Gasteiger partial charge in [0.15, 0.2) is 0 Å². The number of hydrogen-bond donors (Lipinski definition) is 2. The lowest BCUT2D eigenvalue weighted by molar-refractivity contribution is -0.125. The highest BCUT2D eigenvalue weighted by Crippen LogP contribution is 2.21. The fourth-order valence-corrected chi connectivity index (χ4v) is 4.24. The van der Waals surface area contributed by atoms with Crippen LogP contribution in [0.4, 0.5) is 10.5 Å². The summed E-state index contributed by atoms with van der Waals surface area (Å²) in [5.74, 6) is 2.21. The first kappa shape index (κ1) is 16.2. The Kier molecular flexibility index (Phi) is 5.43. The molecule has 3 amide bonds. The zero-order chi connectivity index (χ0) is 16.1. The number of likely N-dealkylation sites (tertiary alicyclic amines) is 1. The van der Waals surface area contributed by atoms with Crippen LogP contribution in [0, 0.1) is 0 Å². The number of carbonyl (C=O) groups is 2. The first-order valence-corrected chi connectivity index (χ1v) is 9.40. The van der Waals surface area contributed by atoms with Crippen LogP contribution in [0.2, 0.25) is 0 Å². The highest BCUT2D eigenvalue weighted by Gasteiger charge is 2.35. The van der Waals surface area contributed by atoms with E-state index < -0.39 is 0 Å². The van der Waals surface area contributed by atoms with Crippen molar-refractivity contribution >= 4 is 29.4 Å². The van der Waals surface area contributed by atoms with Crippen LogP contribution in [0.3, 0.4) is 0 Å². The molecule has 124 valence electrons. The predicted molar refractivity (Wildman–Crippen MR) is 93.7 cm³/mol. The van der Waals surface area contributed by atoms with E-state index in [0.29, 0.717) is 6.54 Å². The highest BCUT2D eigenvalue weighted by molar-refractivity contribution is 7.99. The molecule has 0 spiro atoms. The van der Waals surface area contributed by atoms with Crippen molar-refractivity contribution in [1.29, 1.82) is 0 Å². The summed E-state index contributed by atoms with van der Waals surface area (Å²) in [4.78, 5) is 26.7. The third-order valence-electron chi connectivity index (χ3n) is 4.41. The van der Waals surface area contributed by atoms with Gasteiger partial charge in [0.1, 0.15) is 6.04 Å². The summed E-state index contributed by atoms with van der Waals surface area (Å²) in [5.41, 5.74) is 0.757. The number of carbonyl (C=O) groups excluding carboxylic acids is 2. The molecule has 0 saturated carbocycles. The summed E-state index contributed by atoms with van der Waals surface area (Å²) in [5, 5.41) is 6.01. The normalized spacial score (nSPS) is 21.9. The van der Waals surface area contributed by atoms with Gasteiger partial charge < -0.3 is 15.5 Å². The van der Waals surface area contributed by atoms with E-state index in [-0.39, 0.29) is 24.0 Å². The van der Waals surface area contributed by atoms with Gasteiger partial charge in [0.05, 0.1) is 0 Å². The second-order valence-corrected chi connectivity index (χ2v) is 7.27. The molecule has 2 aliphatic rings. The predicted octanol–water partition coefficient (Wildman–Crippen LogP) is 2.69. The number of thioether (sulfide) groups is 1. The topological polar surface area (TPSA) is 61.4 Å². The van der Waals surface area contributed by atoms with Gasteiger partial charge in [-0.3, -0.25) is 4.79 Å². The number of para-hydroxylation sites is 1. The van der Waals surface area contributed by atoms with Gasteiger partial charge in [-0.05, 0) is 49.3 Å². The largest absolute Gasteiger partial charge is 0.352 e. The molecular weight excluding hydrogens is 310 g/mol. The van der Waals surface area contributed by atoms with Gasteiger partial charge in [0, 0.05) is 18.3 Å². The molecule has 0 aliphatic carbocycles. The van der Waals surface area contributed by atoms with Crippen molar-refractivity contribution < 1.29 is 9.59 Å². The molecule has 2 aliphatic heterocycles. The molecule has 2 N–H and O–H groups in total. The molecule has 2 heterocycles. The average molecular weight is 333 g/mol. The van der Waals surface area contributed by atoms with Crippen LogP contribution in [0.15, 0.2) is 30.3 Å². The fraction of sp³-hybridized carbons (Fsp3) is 0.529. The minimum Gasteiger partial charge on any atom is -0.352 e. The number of hydrogen-bond acceptors (Lipinski definition) is 3. The molecular formula is C17H23N3O2S. The van der Waals surface area contributed by atoms with Gasteiger partial charge in [-0.2, -0.15) is 11.8 Å². The summed E-state index contributed by atoms with van der Waals surface area (Å²) in [6.07, 6.45) is 3.68. The van der Waals surface area contributed by atoms with Crippen molar-refractivity contribution in [2.24, 2.45) is 0 Å². The second kappa shape index (κ2) is 7.73. The zero-order valence-corrected chi connectivity index (χ0v) is 14.0. The minimum atomic E-state index is -0.340. The van der Waals surface area contributed by atoms with Crippen LogP contribution in [0.1, 0.15) is 25.7 Å². The van der Waals surface area contributed by atoms with Crippen molar-refractivity contribution in [3.63, 3.8) is 0 Å². The maximum absolute atomic E-state index is 12.5. The molecule has 1 aromatic carbocycles. The quantitative estimate of drug-likeness (QED) is 0.894. The molecule has 0 radical (unpaired) electrons. The molecule has 23 heavy (non-hydrogen) atoms. The summed E-state index contributed by atoms with van der Waals surface area (Å²) in [6, 6.07) is 9.11. The van der Waals surface area contributed by atoms with Crippen LogP contribution >= 0.6 is 11.8 Å². The number of nitrogens with zero attached hydrogens (tertiary/aromatic N) is 1. The summed E-state index contributed by atoms with van der Waals surface area (Å²) in [6.45, 7) is 0.636. The van der Waals surface area contributed by atoms with E-state index >= 15 is 0 Å². The number of urea groups is 1. The van der Waals surface area contributed by atoms with Crippen LogP contribution in [0.5, 0.6) is 0 Å². The molecule has 1 atom stereocenters. The number of anilines is 1. The van der Waals surface area contributed by atoms with Gasteiger partial charge >= 0.3 is 6.03 Å². The highest BCUT2D eigenvalue weighted by atomic mass is 32.2. The van der Waals surface area contributed by atoms with Gasteiger partial charge in [-0.15, -0.1) is 0 Å². The van der Waals surface area contributed by atoms with E-state index in [1.807, 2.05) is 42.1 Å². The summed E-state index contributed by atoms with van der Waals surface area (Å²) < 4.78 is 0. The summed E-state index contributed by atoms with van der Waals surface area (Å²) in [7, 11) is 0. The van der Waals surface area contributed by atoms with E-state index in [9.17, 15) is 9.59 Å². The molecule has 0 aromatic heterocycles. The van der Waals surface area contributed by atoms with E-state index in [1.165, 1.54) is 0 Å². The molecule has 5 nitrogen and oxygen atoms in total. The van der Waals surface area contributed by atoms with Crippen LogP contribution < -0.4 is 10.6 Å². The SMILES string of the molecule is O=C(NC1CCSCC1)[C@H]1CCCN1C(=O)Nc1ccccc1. The van der Waals surface area contributed by atoms with E-state index in [4.69, 9.17) is 0 Å². The molecule has 2 fully saturated rings. The second-order valence-electron chi connectivity index (χ2n) is 6.04. The Morgan fingerprint density at radius 2 is 1.83 bits per heavy atom. The molecule has 0 bridgehead atoms. The van der Waals surface area contributed by atoms with E-state index in [0.717, 1.165) is 42.9 Å². The number of nitrogens with one attached hydrogen (secondary N) is 2. The Morgan fingerprint density at radius 3 is 2.57 bits per heavy atom. The maximum atomic E-state index is 12.5. The Hall–Kier alpha value is -1.69. The molecule has 0 unspecified atom stereocenters. The standard InChI is InChI=1S/C17H23N3O2S/c21-16(18-14-8-11-23-12-9-14)15-7-4-10-20(15)17(22)19-13-5-2-1-3-6-13/h1-3,5-6,14-15H,4,7-12H2,(H,18,21)(H,19,22)/t15-/m1/s1. The van der Waals surface area contributed by atoms with Crippen LogP contribution in [-0.2, 0) is 4.79 Å². The molecule has 3 rings (SSSR count). The Morgan fingerprint density at radius 1 is 1.09 bits per heavy atom. The minimum absolute atomic E-state index is 0.00242. The van der Waals surface area contributed by atoms with Crippen molar-refractivity contribution in [3.05, 3.63) is 30.3 Å². The maximum Gasteiger partial charge on any atom is 0.322 e. The third-order valence-corrected chi connectivity index (χ3v) is 5.46. The van der Waals surface area contributed by atoms with Crippen LogP contribution in [-0.4, -0.2) is 47.0 Å². The van der Waals surface area contributed by atoms with Gasteiger partial charge in [-0.25, -0.2) is 4.79 Å². The van der Waals surface area contributed by atoms with Crippen LogP contribution in [0.25, 0.3) is 0 Å². The molecule has 6 heteroatoms. The Bertz CT molecular complexity index is 546. The lowest BCUT2D eigenvalue weighted by Crippen LogP contribution is -2.50. The summed E-state index contributed by atoms with van der Waals surface area (Å²) >= 11 is 1.94. The number of amides is 3. The van der Waals surface area contributed by atoms with Gasteiger partial charge in [0.2, 0.25) is 5.91 Å². The first-order valence-electron chi connectivity index (χ1n) is 8.25. The Labute approximate surface area is 141 Å². The number of rotatable bonds is 3. The van der Waals surface area contributed by atoms with Gasteiger partial charge in [-0.1, -0.05) is 18.2 Å². The van der Waals surface area contributed by atoms with Crippen molar-refractivity contribution in [3.8, 4) is 0 Å².